The minimum absolute atomic E-state index is 0.219. The molecule has 0 aromatic heterocycles. The normalized spacial score (nSPS) is 10.9. The van der Waals surface area contributed by atoms with Gasteiger partial charge in [0.2, 0.25) is 5.70 Å². The maximum absolute atomic E-state index is 10.6. The third-order valence-electron chi connectivity index (χ3n) is 0.901. The van der Waals surface area contributed by atoms with Crippen LogP contribution in [-0.2, 0) is 9.53 Å². The average Bonchev–Trinajstić information content (AvgIpc) is 1.87. The number of rotatable bonds is 3. The summed E-state index contributed by atoms with van der Waals surface area (Å²) in [7, 11) is 0. The highest BCUT2D eigenvalue weighted by molar-refractivity contribution is 5.82. The largest absolute Gasteiger partial charge is 0.463 e. The first-order valence-electron chi connectivity index (χ1n) is 3.07. The highest BCUT2D eigenvalue weighted by atomic mass is 16.6. The van der Waals surface area contributed by atoms with Gasteiger partial charge < -0.3 is 4.74 Å². The molecule has 11 heavy (non-hydrogen) atoms. The Morgan fingerprint density at radius 1 is 1.73 bits per heavy atom. The highest BCUT2D eigenvalue weighted by Gasteiger charge is 2.05. The molecule has 0 bridgehead atoms. The van der Waals surface area contributed by atoms with Gasteiger partial charge in [-0.15, -0.1) is 0 Å². The van der Waals surface area contributed by atoms with Crippen molar-refractivity contribution < 1.29 is 14.5 Å². The number of hydrogen-bond donors (Lipinski definition) is 0. The Morgan fingerprint density at radius 3 is 2.64 bits per heavy atom. The van der Waals surface area contributed by atoms with E-state index >= 15 is 0 Å². The van der Waals surface area contributed by atoms with Gasteiger partial charge in [-0.05, 0) is 6.92 Å². The van der Waals surface area contributed by atoms with Crippen LogP contribution < -0.4 is 0 Å². The SMILES string of the molecule is CCOC(=O)C=C(C)[N+](=O)[O-]. The predicted octanol–water partition coefficient (Wildman–Crippen LogP) is 0.730. The number of carbonyl (C=O) groups excluding carboxylic acids is 1. The summed E-state index contributed by atoms with van der Waals surface area (Å²) in [6.07, 6.45) is 0.851. The van der Waals surface area contributed by atoms with Crippen LogP contribution in [0.3, 0.4) is 0 Å². The third-order valence-corrected chi connectivity index (χ3v) is 0.901. The van der Waals surface area contributed by atoms with Crippen molar-refractivity contribution in [2.45, 2.75) is 13.8 Å². The number of carbonyl (C=O) groups is 1. The van der Waals surface area contributed by atoms with Crippen LogP contribution in [0.25, 0.3) is 0 Å². The Bertz CT molecular complexity index is 197. The molecule has 0 fully saturated rings. The van der Waals surface area contributed by atoms with Gasteiger partial charge in [-0.2, -0.15) is 0 Å². The lowest BCUT2D eigenvalue weighted by molar-refractivity contribution is -0.424. The van der Waals surface area contributed by atoms with Gasteiger partial charge in [-0.3, -0.25) is 10.1 Å². The number of nitro groups is 1. The summed E-state index contributed by atoms with van der Waals surface area (Å²) < 4.78 is 4.44. The van der Waals surface area contributed by atoms with Crippen molar-refractivity contribution in [3.8, 4) is 0 Å². The van der Waals surface area contributed by atoms with Crippen molar-refractivity contribution in [2.75, 3.05) is 6.61 Å². The Labute approximate surface area is 63.8 Å². The van der Waals surface area contributed by atoms with E-state index in [0.717, 1.165) is 6.08 Å². The van der Waals surface area contributed by atoms with E-state index in [1.165, 1.54) is 6.92 Å². The van der Waals surface area contributed by atoms with E-state index in [-0.39, 0.29) is 12.3 Å². The van der Waals surface area contributed by atoms with Gasteiger partial charge >= 0.3 is 5.97 Å². The summed E-state index contributed by atoms with van der Waals surface area (Å²) >= 11 is 0. The number of hydrogen-bond acceptors (Lipinski definition) is 4. The van der Waals surface area contributed by atoms with Crippen LogP contribution in [0.15, 0.2) is 11.8 Å². The van der Waals surface area contributed by atoms with E-state index in [4.69, 9.17) is 0 Å². The fourth-order valence-corrected chi connectivity index (χ4v) is 0.407. The van der Waals surface area contributed by atoms with Gasteiger partial charge in [-0.25, -0.2) is 4.79 Å². The van der Waals surface area contributed by atoms with E-state index in [2.05, 4.69) is 4.74 Å². The lowest BCUT2D eigenvalue weighted by Crippen LogP contribution is -2.03. The second kappa shape index (κ2) is 4.43. The smallest absolute Gasteiger partial charge is 0.337 e. The van der Waals surface area contributed by atoms with Crippen molar-refractivity contribution in [1.82, 2.24) is 0 Å². The fourth-order valence-electron chi connectivity index (χ4n) is 0.407. The molecule has 0 unspecified atom stereocenters. The van der Waals surface area contributed by atoms with Gasteiger partial charge in [0.15, 0.2) is 0 Å². The summed E-state index contributed by atoms with van der Waals surface area (Å²) in [4.78, 5) is 19.9. The Kier molecular flexibility index (Phi) is 3.87. The molecule has 0 aromatic rings. The van der Waals surface area contributed by atoms with E-state index < -0.39 is 10.9 Å². The minimum atomic E-state index is -0.679. The number of esters is 1. The van der Waals surface area contributed by atoms with Crippen LogP contribution in [0.5, 0.6) is 0 Å². The van der Waals surface area contributed by atoms with Crippen LogP contribution in [0.2, 0.25) is 0 Å². The summed E-state index contributed by atoms with van der Waals surface area (Å²) in [5.41, 5.74) is -0.219. The molecule has 0 heterocycles. The first-order valence-corrected chi connectivity index (χ1v) is 3.07. The maximum Gasteiger partial charge on any atom is 0.337 e. The fraction of sp³-hybridized carbons (Fsp3) is 0.500. The Hall–Kier alpha value is -1.39. The number of ether oxygens (including phenoxy) is 1. The van der Waals surface area contributed by atoms with Gasteiger partial charge in [0.25, 0.3) is 0 Å². The van der Waals surface area contributed by atoms with Crippen molar-refractivity contribution in [1.29, 1.82) is 0 Å². The standard InChI is InChI=1S/C6H9NO4/c1-3-11-6(8)4-5(2)7(9)10/h4H,3H2,1-2H3. The monoisotopic (exact) mass is 159 g/mol. The van der Waals surface area contributed by atoms with Crippen LogP contribution in [-0.4, -0.2) is 17.5 Å². The zero-order valence-corrected chi connectivity index (χ0v) is 6.36. The van der Waals surface area contributed by atoms with E-state index in [1.54, 1.807) is 6.92 Å². The van der Waals surface area contributed by atoms with Crippen molar-refractivity contribution in [3.63, 3.8) is 0 Å². The molecule has 0 aromatic carbocycles. The lowest BCUT2D eigenvalue weighted by Gasteiger charge is -1.93. The molecule has 0 amide bonds. The zero-order chi connectivity index (χ0) is 8.85. The molecular formula is C6H9NO4. The molecule has 0 atom stereocenters. The first kappa shape index (κ1) is 9.61. The molecule has 0 saturated carbocycles. The van der Waals surface area contributed by atoms with E-state index in [1.807, 2.05) is 0 Å². The van der Waals surface area contributed by atoms with Crippen LogP contribution >= 0.6 is 0 Å². The van der Waals surface area contributed by atoms with Gasteiger partial charge in [0.1, 0.15) is 0 Å². The molecule has 62 valence electrons. The second-order valence-electron chi connectivity index (χ2n) is 1.79. The Morgan fingerprint density at radius 2 is 2.27 bits per heavy atom. The summed E-state index contributed by atoms with van der Waals surface area (Å²) in [5.74, 6) is -0.679. The molecule has 5 nitrogen and oxygen atoms in total. The quantitative estimate of drug-likeness (QED) is 0.263. The van der Waals surface area contributed by atoms with Gasteiger partial charge in [-0.1, -0.05) is 0 Å². The van der Waals surface area contributed by atoms with Crippen LogP contribution in [0.4, 0.5) is 0 Å². The summed E-state index contributed by atoms with van der Waals surface area (Å²) in [6, 6.07) is 0. The molecule has 0 aliphatic rings. The topological polar surface area (TPSA) is 69.4 Å². The number of nitrogens with zero attached hydrogens (tertiary/aromatic N) is 1. The molecule has 0 saturated heterocycles. The maximum atomic E-state index is 10.6. The summed E-state index contributed by atoms with van der Waals surface area (Å²) in [5, 5.41) is 9.97. The second-order valence-corrected chi connectivity index (χ2v) is 1.79. The average molecular weight is 159 g/mol. The highest BCUT2D eigenvalue weighted by Crippen LogP contribution is 1.93. The van der Waals surface area contributed by atoms with Crippen molar-refractivity contribution >= 4 is 5.97 Å². The molecule has 0 spiro atoms. The summed E-state index contributed by atoms with van der Waals surface area (Å²) in [6.45, 7) is 3.09. The van der Waals surface area contributed by atoms with Crippen molar-refractivity contribution in [3.05, 3.63) is 21.9 Å². The lowest BCUT2D eigenvalue weighted by atomic mass is 10.4. The molecule has 0 aliphatic carbocycles. The van der Waals surface area contributed by atoms with E-state index in [9.17, 15) is 14.9 Å². The van der Waals surface area contributed by atoms with Gasteiger partial charge in [0, 0.05) is 6.92 Å². The Balaban J connectivity index is 4.08. The molecule has 0 radical (unpaired) electrons. The molecule has 0 aliphatic heterocycles. The van der Waals surface area contributed by atoms with Crippen LogP contribution in [0, 0.1) is 10.1 Å². The predicted molar refractivity (Wildman–Crippen MR) is 37.4 cm³/mol. The molecule has 0 rings (SSSR count). The van der Waals surface area contributed by atoms with Crippen LogP contribution in [0.1, 0.15) is 13.8 Å². The minimum Gasteiger partial charge on any atom is -0.463 e. The first-order chi connectivity index (χ1) is 5.07. The molecular weight excluding hydrogens is 150 g/mol. The van der Waals surface area contributed by atoms with Crippen molar-refractivity contribution in [2.24, 2.45) is 0 Å². The molecule has 0 N–H and O–H groups in total. The molecule has 5 heteroatoms. The zero-order valence-electron chi connectivity index (χ0n) is 6.36. The van der Waals surface area contributed by atoms with Gasteiger partial charge in [0.05, 0.1) is 17.6 Å². The number of allylic oxidation sites excluding steroid dienone is 1. The van der Waals surface area contributed by atoms with E-state index in [0.29, 0.717) is 0 Å². The third kappa shape index (κ3) is 4.07.